The number of hydrogen-bond donors (Lipinski definition) is 2. The number of aldehydes is 2. The molecule has 0 bridgehead atoms. The highest BCUT2D eigenvalue weighted by molar-refractivity contribution is 7.73. The Kier molecular flexibility index (Phi) is 6.38. The number of carbonyl (C=O) groups excluding carboxylic acids is 2. The van der Waals surface area contributed by atoms with Crippen molar-refractivity contribution in [3.8, 4) is 0 Å². The Balaban J connectivity index is 0.000000364. The van der Waals surface area contributed by atoms with E-state index in [1.165, 1.54) is 0 Å². The topological polar surface area (TPSA) is 91.7 Å². The minimum atomic E-state index is -2.61. The molecule has 5 nitrogen and oxygen atoms in total. The molecule has 6 heteroatoms. The Hall–Kier alpha value is -1.37. The molecule has 1 aromatic carbocycles. The van der Waals surface area contributed by atoms with E-state index in [2.05, 4.69) is 0 Å². The number of rotatable bonds is 2. The van der Waals surface area contributed by atoms with E-state index in [-0.39, 0.29) is 0 Å². The maximum Gasteiger partial charge on any atom is 0.299 e. The monoisotopic (exact) mass is 216 g/mol. The summed E-state index contributed by atoms with van der Waals surface area (Å²) in [5.41, 5.74) is 1.06. The standard InChI is InChI=1S/C8H6O2.H2O3S/c9-5-7-2-1-3-8(4-7)6-10;1-4(2)3/h1-6H;(H2,1,2,3). The first-order valence-electron chi connectivity index (χ1n) is 3.40. The van der Waals surface area contributed by atoms with Crippen LogP contribution in [0.5, 0.6) is 0 Å². The van der Waals surface area contributed by atoms with Gasteiger partial charge in [-0.2, -0.15) is 4.21 Å². The summed E-state index contributed by atoms with van der Waals surface area (Å²) in [4.78, 5) is 20.3. The Morgan fingerprint density at radius 3 is 1.71 bits per heavy atom. The lowest BCUT2D eigenvalue weighted by Crippen LogP contribution is -1.82. The second-order valence-corrected chi connectivity index (χ2v) is 2.60. The van der Waals surface area contributed by atoms with Crippen LogP contribution >= 0.6 is 0 Å². The zero-order valence-electron chi connectivity index (χ0n) is 6.99. The van der Waals surface area contributed by atoms with Crippen LogP contribution in [-0.4, -0.2) is 25.9 Å². The van der Waals surface area contributed by atoms with E-state index in [4.69, 9.17) is 13.3 Å². The van der Waals surface area contributed by atoms with Crippen LogP contribution in [-0.2, 0) is 11.4 Å². The Morgan fingerprint density at radius 2 is 1.43 bits per heavy atom. The molecule has 0 heterocycles. The van der Waals surface area contributed by atoms with Crippen molar-refractivity contribution in [1.29, 1.82) is 0 Å². The van der Waals surface area contributed by atoms with Crippen molar-refractivity contribution < 1.29 is 22.9 Å². The average Bonchev–Trinajstić information content (AvgIpc) is 2.17. The van der Waals surface area contributed by atoms with Crippen LogP contribution in [0.15, 0.2) is 24.3 Å². The van der Waals surface area contributed by atoms with Crippen LogP contribution in [0, 0.1) is 0 Å². The number of benzene rings is 1. The molecule has 14 heavy (non-hydrogen) atoms. The molecule has 0 aromatic heterocycles. The van der Waals surface area contributed by atoms with Gasteiger partial charge in [0.15, 0.2) is 0 Å². The van der Waals surface area contributed by atoms with E-state index in [0.717, 1.165) is 0 Å². The quantitative estimate of drug-likeness (QED) is 0.568. The first-order chi connectivity index (χ1) is 6.60. The third-order valence-electron chi connectivity index (χ3n) is 1.18. The van der Waals surface area contributed by atoms with Crippen LogP contribution in [0.2, 0.25) is 0 Å². The molecule has 0 atom stereocenters. The number of hydrogen-bond acceptors (Lipinski definition) is 3. The zero-order chi connectivity index (χ0) is 11.0. The Bertz CT molecular complexity index is 309. The van der Waals surface area contributed by atoms with Gasteiger partial charge in [0.1, 0.15) is 12.6 Å². The molecule has 0 aliphatic heterocycles. The molecule has 0 amide bonds. The third-order valence-corrected chi connectivity index (χ3v) is 1.18. The molecule has 0 unspecified atom stereocenters. The van der Waals surface area contributed by atoms with E-state index >= 15 is 0 Å². The first-order valence-corrected chi connectivity index (χ1v) is 4.47. The second-order valence-electron chi connectivity index (χ2n) is 2.14. The summed E-state index contributed by atoms with van der Waals surface area (Å²) in [5, 5.41) is 0. The van der Waals surface area contributed by atoms with Gasteiger partial charge in [-0.1, -0.05) is 18.2 Å². The van der Waals surface area contributed by atoms with E-state index in [9.17, 15) is 9.59 Å². The van der Waals surface area contributed by atoms with Crippen molar-refractivity contribution >= 4 is 23.9 Å². The van der Waals surface area contributed by atoms with Gasteiger partial charge in [0.25, 0.3) is 11.4 Å². The van der Waals surface area contributed by atoms with Gasteiger partial charge in [0.2, 0.25) is 0 Å². The van der Waals surface area contributed by atoms with Crippen LogP contribution < -0.4 is 0 Å². The Morgan fingerprint density at radius 1 is 1.07 bits per heavy atom. The molecule has 0 aliphatic rings. The fourth-order valence-corrected chi connectivity index (χ4v) is 0.706. The fraction of sp³-hybridized carbons (Fsp3) is 0. The highest BCUT2D eigenvalue weighted by atomic mass is 32.2. The molecule has 0 aliphatic carbocycles. The Labute approximate surface area is 82.9 Å². The summed E-state index contributed by atoms with van der Waals surface area (Å²) in [6, 6.07) is 6.52. The van der Waals surface area contributed by atoms with Crippen LogP contribution in [0.1, 0.15) is 20.7 Å². The molecule has 0 saturated carbocycles. The molecule has 2 N–H and O–H groups in total. The molecule has 0 fully saturated rings. The van der Waals surface area contributed by atoms with Gasteiger partial charge in [-0.3, -0.25) is 18.7 Å². The molecule has 1 rings (SSSR count). The lowest BCUT2D eigenvalue weighted by molar-refractivity contribution is 0.112. The molecule has 1 aromatic rings. The highest BCUT2D eigenvalue weighted by Crippen LogP contribution is 1.99. The normalized spacial score (nSPS) is 8.79. The molecule has 0 spiro atoms. The van der Waals surface area contributed by atoms with Crippen LogP contribution in [0.3, 0.4) is 0 Å². The smallest absolute Gasteiger partial charge is 0.298 e. The summed E-state index contributed by atoms with van der Waals surface area (Å²) in [5.74, 6) is 0. The van der Waals surface area contributed by atoms with Crippen LogP contribution in [0.4, 0.5) is 0 Å². The van der Waals surface area contributed by atoms with Crippen molar-refractivity contribution in [1.82, 2.24) is 0 Å². The molecule has 76 valence electrons. The molecule has 0 saturated heterocycles. The van der Waals surface area contributed by atoms with Gasteiger partial charge in [0.05, 0.1) is 0 Å². The maximum absolute atomic E-state index is 10.2. The summed E-state index contributed by atoms with van der Waals surface area (Å²) in [6.45, 7) is 0. The molecule has 0 radical (unpaired) electrons. The summed E-state index contributed by atoms with van der Waals surface area (Å²) in [7, 11) is 0. The van der Waals surface area contributed by atoms with E-state index in [1.807, 2.05) is 0 Å². The largest absolute Gasteiger partial charge is 0.299 e. The second kappa shape index (κ2) is 7.07. The van der Waals surface area contributed by atoms with Gasteiger partial charge >= 0.3 is 0 Å². The van der Waals surface area contributed by atoms with Crippen molar-refractivity contribution in [3.05, 3.63) is 35.4 Å². The van der Waals surface area contributed by atoms with E-state index < -0.39 is 11.4 Å². The predicted octanol–water partition coefficient (Wildman–Crippen LogP) is 0.993. The van der Waals surface area contributed by atoms with Gasteiger partial charge in [-0.05, 0) is 6.07 Å². The van der Waals surface area contributed by atoms with Gasteiger partial charge in [-0.15, -0.1) is 0 Å². The van der Waals surface area contributed by atoms with Crippen molar-refractivity contribution in [3.63, 3.8) is 0 Å². The predicted molar refractivity (Wildman–Crippen MR) is 50.6 cm³/mol. The summed E-state index contributed by atoms with van der Waals surface area (Å²) >= 11 is -2.61. The minimum Gasteiger partial charge on any atom is -0.298 e. The van der Waals surface area contributed by atoms with Crippen molar-refractivity contribution in [2.24, 2.45) is 0 Å². The number of carbonyl (C=O) groups is 2. The highest BCUT2D eigenvalue weighted by Gasteiger charge is 1.90. The van der Waals surface area contributed by atoms with Crippen molar-refractivity contribution in [2.45, 2.75) is 0 Å². The zero-order valence-corrected chi connectivity index (χ0v) is 7.81. The van der Waals surface area contributed by atoms with Crippen molar-refractivity contribution in [2.75, 3.05) is 0 Å². The molecular formula is C8H8O5S. The lowest BCUT2D eigenvalue weighted by atomic mass is 10.2. The van der Waals surface area contributed by atoms with Gasteiger partial charge < -0.3 is 0 Å². The maximum atomic E-state index is 10.2. The van der Waals surface area contributed by atoms with E-state index in [1.54, 1.807) is 24.3 Å². The van der Waals surface area contributed by atoms with Crippen LogP contribution in [0.25, 0.3) is 0 Å². The molecular weight excluding hydrogens is 208 g/mol. The summed E-state index contributed by atoms with van der Waals surface area (Å²) in [6.07, 6.45) is 1.43. The van der Waals surface area contributed by atoms with Gasteiger partial charge in [-0.25, -0.2) is 0 Å². The fourth-order valence-electron chi connectivity index (χ4n) is 0.706. The minimum absolute atomic E-state index is 0.532. The SMILES string of the molecule is O=Cc1cccc(C=O)c1.O=S(O)O. The lowest BCUT2D eigenvalue weighted by Gasteiger charge is -1.89. The van der Waals surface area contributed by atoms with E-state index in [0.29, 0.717) is 23.7 Å². The first kappa shape index (κ1) is 12.6. The van der Waals surface area contributed by atoms with Gasteiger partial charge in [0, 0.05) is 11.1 Å². The summed E-state index contributed by atoms with van der Waals surface area (Å²) < 4.78 is 22.8. The average molecular weight is 216 g/mol. The third kappa shape index (κ3) is 6.18.